The topological polar surface area (TPSA) is 75.8 Å². The van der Waals surface area contributed by atoms with Crippen LogP contribution in [0.15, 0.2) is 18.3 Å². The molecule has 0 radical (unpaired) electrons. The standard InChI is InChI=1S/C16H16F3N5O/c1-9-11(8-24(2)23-9)14-12(5-6-25-14)21-15-10(7-20)3-4-13(22-15)16(17,18)19/h3-4,8,12,14H,5-6H2,1-2H3,(H,21,22)/t12-,14+/m0/s1. The molecule has 0 unspecified atom stereocenters. The van der Waals surface area contributed by atoms with Gasteiger partial charge in [-0.25, -0.2) is 4.98 Å². The summed E-state index contributed by atoms with van der Waals surface area (Å²) < 4.78 is 46.1. The Hall–Kier alpha value is -2.60. The van der Waals surface area contributed by atoms with Crippen molar-refractivity contribution < 1.29 is 17.9 Å². The van der Waals surface area contributed by atoms with Crippen LogP contribution in [0.1, 0.15) is 35.0 Å². The Balaban J connectivity index is 1.91. The van der Waals surface area contributed by atoms with Crippen LogP contribution in [-0.2, 0) is 18.0 Å². The zero-order valence-corrected chi connectivity index (χ0v) is 13.6. The molecule has 1 fully saturated rings. The minimum Gasteiger partial charge on any atom is -0.371 e. The van der Waals surface area contributed by atoms with Gasteiger partial charge in [0.2, 0.25) is 0 Å². The summed E-state index contributed by atoms with van der Waals surface area (Å²) in [7, 11) is 1.79. The molecular weight excluding hydrogens is 335 g/mol. The van der Waals surface area contributed by atoms with Crippen molar-refractivity contribution in [3.05, 3.63) is 40.8 Å². The predicted molar refractivity (Wildman–Crippen MR) is 82.6 cm³/mol. The molecule has 3 rings (SSSR count). The fraction of sp³-hybridized carbons (Fsp3) is 0.438. The fourth-order valence-corrected chi connectivity index (χ4v) is 2.93. The highest BCUT2D eigenvalue weighted by atomic mass is 19.4. The van der Waals surface area contributed by atoms with E-state index >= 15 is 0 Å². The first-order valence-electron chi connectivity index (χ1n) is 7.66. The summed E-state index contributed by atoms with van der Waals surface area (Å²) in [5, 5.41) is 16.4. The second kappa shape index (κ2) is 6.37. The number of nitrogens with one attached hydrogen (secondary N) is 1. The number of nitrogens with zero attached hydrogens (tertiary/aromatic N) is 4. The number of halogens is 3. The molecule has 0 amide bonds. The van der Waals surface area contributed by atoms with Crippen LogP contribution in [-0.4, -0.2) is 27.4 Å². The number of hydrogen-bond donors (Lipinski definition) is 1. The molecule has 0 spiro atoms. The lowest BCUT2D eigenvalue weighted by Gasteiger charge is -2.21. The van der Waals surface area contributed by atoms with E-state index in [1.54, 1.807) is 11.7 Å². The highest BCUT2D eigenvalue weighted by Crippen LogP contribution is 2.34. The number of ether oxygens (including phenoxy) is 1. The van der Waals surface area contributed by atoms with Gasteiger partial charge in [0.25, 0.3) is 0 Å². The SMILES string of the molecule is Cc1nn(C)cc1[C@H]1OCC[C@@H]1Nc1nc(C(F)(F)F)ccc1C#N. The van der Waals surface area contributed by atoms with Crippen LogP contribution in [0.5, 0.6) is 0 Å². The Labute approximate surface area is 142 Å². The van der Waals surface area contributed by atoms with Crippen molar-refractivity contribution in [2.24, 2.45) is 7.05 Å². The van der Waals surface area contributed by atoms with E-state index in [9.17, 15) is 13.2 Å². The molecule has 0 aromatic carbocycles. The first kappa shape index (κ1) is 17.2. The average Bonchev–Trinajstić information content (AvgIpc) is 3.12. The second-order valence-corrected chi connectivity index (χ2v) is 5.88. The maximum atomic E-state index is 12.9. The summed E-state index contributed by atoms with van der Waals surface area (Å²) >= 11 is 0. The van der Waals surface area contributed by atoms with E-state index in [-0.39, 0.29) is 23.5 Å². The predicted octanol–water partition coefficient (Wildman–Crippen LogP) is 2.96. The molecule has 6 nitrogen and oxygen atoms in total. The number of nitriles is 1. The molecule has 1 aliphatic rings. The van der Waals surface area contributed by atoms with Gasteiger partial charge in [-0.2, -0.15) is 23.5 Å². The van der Waals surface area contributed by atoms with Gasteiger partial charge in [-0.3, -0.25) is 4.68 Å². The summed E-state index contributed by atoms with van der Waals surface area (Å²) in [6, 6.07) is 3.50. The lowest BCUT2D eigenvalue weighted by Crippen LogP contribution is -2.25. The molecule has 132 valence electrons. The van der Waals surface area contributed by atoms with Crippen LogP contribution in [0.2, 0.25) is 0 Å². The van der Waals surface area contributed by atoms with Gasteiger partial charge in [0.15, 0.2) is 0 Å². The Kier molecular flexibility index (Phi) is 4.39. The van der Waals surface area contributed by atoms with Crippen LogP contribution in [0.4, 0.5) is 19.0 Å². The average molecular weight is 351 g/mol. The molecule has 3 heterocycles. The van der Waals surface area contributed by atoms with Gasteiger partial charge >= 0.3 is 6.18 Å². The zero-order valence-electron chi connectivity index (χ0n) is 13.6. The molecule has 0 saturated carbocycles. The third kappa shape index (κ3) is 3.44. The molecular formula is C16H16F3N5O. The van der Waals surface area contributed by atoms with Crippen LogP contribution in [0, 0.1) is 18.3 Å². The summed E-state index contributed by atoms with van der Waals surface area (Å²) in [6.45, 7) is 2.30. The minimum atomic E-state index is -4.57. The maximum absolute atomic E-state index is 12.9. The Morgan fingerprint density at radius 2 is 2.16 bits per heavy atom. The summed E-state index contributed by atoms with van der Waals surface area (Å²) in [4.78, 5) is 3.60. The van der Waals surface area contributed by atoms with Crippen molar-refractivity contribution in [3.8, 4) is 6.07 Å². The third-order valence-electron chi connectivity index (χ3n) is 4.08. The van der Waals surface area contributed by atoms with Gasteiger partial charge in [-0.15, -0.1) is 0 Å². The van der Waals surface area contributed by atoms with E-state index in [0.717, 1.165) is 23.4 Å². The van der Waals surface area contributed by atoms with Gasteiger partial charge in [-0.1, -0.05) is 0 Å². The van der Waals surface area contributed by atoms with Crippen molar-refractivity contribution in [2.75, 3.05) is 11.9 Å². The molecule has 1 aliphatic heterocycles. The van der Waals surface area contributed by atoms with E-state index in [2.05, 4.69) is 15.4 Å². The lowest BCUT2D eigenvalue weighted by molar-refractivity contribution is -0.141. The molecule has 0 bridgehead atoms. The van der Waals surface area contributed by atoms with Gasteiger partial charge < -0.3 is 10.1 Å². The van der Waals surface area contributed by atoms with Crippen LogP contribution >= 0.6 is 0 Å². The van der Waals surface area contributed by atoms with Crippen molar-refractivity contribution in [2.45, 2.75) is 31.7 Å². The molecule has 2 atom stereocenters. The van der Waals surface area contributed by atoms with Crippen LogP contribution in [0.3, 0.4) is 0 Å². The number of aromatic nitrogens is 3. The Bertz CT molecular complexity index is 824. The Morgan fingerprint density at radius 3 is 2.76 bits per heavy atom. The molecule has 25 heavy (non-hydrogen) atoms. The minimum absolute atomic E-state index is 0.0570. The van der Waals surface area contributed by atoms with Crippen molar-refractivity contribution >= 4 is 5.82 Å². The molecule has 2 aromatic rings. The largest absolute Gasteiger partial charge is 0.433 e. The zero-order chi connectivity index (χ0) is 18.2. The van der Waals surface area contributed by atoms with E-state index in [1.165, 1.54) is 0 Å². The second-order valence-electron chi connectivity index (χ2n) is 5.88. The van der Waals surface area contributed by atoms with E-state index in [0.29, 0.717) is 13.0 Å². The van der Waals surface area contributed by atoms with E-state index in [1.807, 2.05) is 19.2 Å². The maximum Gasteiger partial charge on any atom is 0.433 e. The van der Waals surface area contributed by atoms with Crippen molar-refractivity contribution in [1.82, 2.24) is 14.8 Å². The van der Waals surface area contributed by atoms with Gasteiger partial charge in [0.1, 0.15) is 23.7 Å². The first-order chi connectivity index (χ1) is 11.8. The first-order valence-corrected chi connectivity index (χ1v) is 7.66. The quantitative estimate of drug-likeness (QED) is 0.920. The molecule has 1 N–H and O–H groups in total. The molecule has 9 heteroatoms. The van der Waals surface area contributed by atoms with E-state index in [4.69, 9.17) is 10.00 Å². The summed E-state index contributed by atoms with van der Waals surface area (Å²) in [5.41, 5.74) is 0.672. The third-order valence-corrected chi connectivity index (χ3v) is 4.08. The number of pyridine rings is 1. The number of aryl methyl sites for hydroxylation is 2. The Morgan fingerprint density at radius 1 is 1.40 bits per heavy atom. The summed E-state index contributed by atoms with van der Waals surface area (Å²) in [6.07, 6.45) is -2.53. The summed E-state index contributed by atoms with van der Waals surface area (Å²) in [5.74, 6) is -0.0839. The molecule has 1 saturated heterocycles. The molecule has 0 aliphatic carbocycles. The number of anilines is 1. The fourth-order valence-electron chi connectivity index (χ4n) is 2.93. The van der Waals surface area contributed by atoms with Crippen LogP contribution in [0.25, 0.3) is 0 Å². The van der Waals surface area contributed by atoms with Crippen molar-refractivity contribution in [1.29, 1.82) is 5.26 Å². The molecule has 2 aromatic heterocycles. The highest BCUT2D eigenvalue weighted by Gasteiger charge is 2.35. The highest BCUT2D eigenvalue weighted by molar-refractivity contribution is 5.53. The smallest absolute Gasteiger partial charge is 0.371 e. The normalized spacial score (nSPS) is 20.5. The van der Waals surface area contributed by atoms with Crippen molar-refractivity contribution in [3.63, 3.8) is 0 Å². The van der Waals surface area contributed by atoms with Gasteiger partial charge in [0, 0.05) is 25.4 Å². The monoisotopic (exact) mass is 351 g/mol. The van der Waals surface area contributed by atoms with Crippen LogP contribution < -0.4 is 5.32 Å². The number of alkyl halides is 3. The number of rotatable bonds is 3. The van der Waals surface area contributed by atoms with E-state index < -0.39 is 11.9 Å². The number of hydrogen-bond acceptors (Lipinski definition) is 5. The lowest BCUT2D eigenvalue weighted by atomic mass is 10.0. The van der Waals surface area contributed by atoms with Gasteiger partial charge in [0.05, 0.1) is 17.3 Å². The van der Waals surface area contributed by atoms with Gasteiger partial charge in [-0.05, 0) is 25.5 Å².